The molecule has 4 rings (SSSR count). The third kappa shape index (κ3) is 4.43. The Morgan fingerprint density at radius 2 is 2.00 bits per heavy atom. The van der Waals surface area contributed by atoms with Gasteiger partial charge in [0.15, 0.2) is 5.13 Å². The van der Waals surface area contributed by atoms with Gasteiger partial charge >= 0.3 is 0 Å². The van der Waals surface area contributed by atoms with Crippen LogP contribution in [-0.2, 0) is 10.0 Å². The van der Waals surface area contributed by atoms with Gasteiger partial charge in [0.05, 0.1) is 20.0 Å². The molecule has 0 aliphatic carbocycles. The predicted octanol–water partition coefficient (Wildman–Crippen LogP) is 3.88. The van der Waals surface area contributed by atoms with Crippen molar-refractivity contribution in [2.75, 3.05) is 18.4 Å². The average Bonchev–Trinajstić information content (AvgIpc) is 3.15. The smallest absolute Gasteiger partial charge is 0.271 e. The number of aromatic nitrogens is 1. The maximum atomic E-state index is 12.8. The van der Waals surface area contributed by atoms with Crippen LogP contribution in [-0.4, -0.2) is 41.6 Å². The Balaban J connectivity index is 1.49. The lowest BCUT2D eigenvalue weighted by Crippen LogP contribution is -2.39. The molecule has 0 bridgehead atoms. The Morgan fingerprint density at radius 1 is 1.26 bits per heavy atom. The van der Waals surface area contributed by atoms with Crippen molar-refractivity contribution in [1.29, 1.82) is 0 Å². The van der Waals surface area contributed by atoms with Crippen LogP contribution in [0.1, 0.15) is 30.1 Å². The minimum Gasteiger partial charge on any atom is -0.298 e. The maximum Gasteiger partial charge on any atom is 0.271 e. The van der Waals surface area contributed by atoms with Crippen LogP contribution in [0.2, 0.25) is 0 Å². The normalized spacial score (nSPS) is 17.5. The fourth-order valence-corrected chi connectivity index (χ4v) is 5.98. The quantitative estimate of drug-likeness (QED) is 0.455. The summed E-state index contributed by atoms with van der Waals surface area (Å²) in [5, 5.41) is 13.9. The summed E-state index contributed by atoms with van der Waals surface area (Å²) >= 11 is 1.20. The zero-order valence-electron chi connectivity index (χ0n) is 16.6. The van der Waals surface area contributed by atoms with Crippen molar-refractivity contribution in [2.45, 2.75) is 24.7 Å². The van der Waals surface area contributed by atoms with Gasteiger partial charge in [0.1, 0.15) is 0 Å². The molecule has 2 heterocycles. The number of non-ortho nitro benzene ring substituents is 1. The van der Waals surface area contributed by atoms with Crippen LogP contribution >= 0.6 is 11.3 Å². The number of nitro groups is 1. The van der Waals surface area contributed by atoms with E-state index in [1.807, 2.05) is 6.92 Å². The third-order valence-corrected chi connectivity index (χ3v) is 8.01. The van der Waals surface area contributed by atoms with E-state index in [9.17, 15) is 23.3 Å². The highest BCUT2D eigenvalue weighted by molar-refractivity contribution is 7.89. The Labute approximate surface area is 182 Å². The number of benzene rings is 2. The van der Waals surface area contributed by atoms with Crippen LogP contribution in [0.3, 0.4) is 0 Å². The van der Waals surface area contributed by atoms with Crippen molar-refractivity contribution in [3.8, 4) is 0 Å². The molecule has 9 nitrogen and oxygen atoms in total. The highest BCUT2D eigenvalue weighted by Crippen LogP contribution is 2.29. The number of nitrogens with one attached hydrogen (secondary N) is 1. The number of hydrogen-bond donors (Lipinski definition) is 1. The lowest BCUT2D eigenvalue weighted by Gasteiger charge is -2.30. The van der Waals surface area contributed by atoms with Crippen LogP contribution < -0.4 is 5.32 Å². The standard InChI is InChI=1S/C20H20N4O5S2/c1-13-3-2-10-23(12-13)31(28,29)16-7-4-14(5-8-16)19(25)22-20-21-17-11-15(24(26)27)6-9-18(17)30-20/h4-9,11,13H,2-3,10,12H2,1H3,(H,21,22,25). The van der Waals surface area contributed by atoms with Crippen molar-refractivity contribution < 1.29 is 18.1 Å². The van der Waals surface area contributed by atoms with Gasteiger partial charge in [-0.1, -0.05) is 18.3 Å². The number of fused-ring (bicyclic) bond motifs is 1. The molecule has 1 saturated heterocycles. The number of rotatable bonds is 5. The van der Waals surface area contributed by atoms with Crippen LogP contribution in [0.5, 0.6) is 0 Å². The van der Waals surface area contributed by atoms with Crippen LogP contribution in [0, 0.1) is 16.0 Å². The van der Waals surface area contributed by atoms with E-state index in [1.54, 1.807) is 6.07 Å². The lowest BCUT2D eigenvalue weighted by molar-refractivity contribution is -0.384. The molecule has 0 spiro atoms. The fourth-order valence-electron chi connectivity index (χ4n) is 3.54. The van der Waals surface area contributed by atoms with Gasteiger partial charge in [-0.05, 0) is 49.1 Å². The average molecular weight is 461 g/mol. The minimum absolute atomic E-state index is 0.0735. The number of nitro benzene ring substituents is 1. The van der Waals surface area contributed by atoms with Crippen molar-refractivity contribution in [1.82, 2.24) is 9.29 Å². The van der Waals surface area contributed by atoms with Gasteiger partial charge in [-0.3, -0.25) is 20.2 Å². The Morgan fingerprint density at radius 3 is 2.68 bits per heavy atom. The summed E-state index contributed by atoms with van der Waals surface area (Å²) < 4.78 is 27.9. The number of anilines is 1. The molecule has 3 aromatic rings. The second kappa shape index (κ2) is 8.33. The SMILES string of the molecule is CC1CCCN(S(=O)(=O)c2ccc(C(=O)Nc3nc4cc([N+](=O)[O-])ccc4s3)cc2)C1. The summed E-state index contributed by atoms with van der Waals surface area (Å²) in [7, 11) is -3.59. The van der Waals surface area contributed by atoms with Crippen molar-refractivity contribution in [3.63, 3.8) is 0 Å². The summed E-state index contributed by atoms with van der Waals surface area (Å²) in [6.45, 7) is 3.04. The first-order chi connectivity index (χ1) is 14.7. The Hall–Kier alpha value is -2.89. The summed E-state index contributed by atoms with van der Waals surface area (Å²) in [6, 6.07) is 10.1. The molecule has 1 fully saturated rings. The zero-order valence-corrected chi connectivity index (χ0v) is 18.3. The second-order valence-corrected chi connectivity index (χ2v) is 10.5. The predicted molar refractivity (Wildman–Crippen MR) is 118 cm³/mol. The van der Waals surface area contributed by atoms with Gasteiger partial charge in [-0.2, -0.15) is 4.31 Å². The number of carbonyl (C=O) groups excluding carboxylic acids is 1. The number of sulfonamides is 1. The number of thiazole rings is 1. The number of piperidine rings is 1. The van der Waals surface area contributed by atoms with E-state index >= 15 is 0 Å². The van der Waals surface area contributed by atoms with E-state index in [2.05, 4.69) is 10.3 Å². The zero-order chi connectivity index (χ0) is 22.2. The summed E-state index contributed by atoms with van der Waals surface area (Å²) in [5.74, 6) is -0.118. The highest BCUT2D eigenvalue weighted by Gasteiger charge is 2.28. The number of nitrogens with zero attached hydrogens (tertiary/aromatic N) is 3. The molecule has 11 heteroatoms. The molecule has 1 aliphatic rings. The molecule has 1 atom stereocenters. The van der Waals surface area contributed by atoms with Gasteiger partial charge in [-0.15, -0.1) is 0 Å². The van der Waals surface area contributed by atoms with Crippen molar-refractivity contribution in [3.05, 3.63) is 58.1 Å². The molecule has 0 radical (unpaired) electrons. The van der Waals surface area contributed by atoms with E-state index in [0.717, 1.165) is 12.8 Å². The van der Waals surface area contributed by atoms with Gasteiger partial charge < -0.3 is 0 Å². The summed E-state index contributed by atoms with van der Waals surface area (Å²) in [5.41, 5.74) is 0.637. The molecule has 1 aliphatic heterocycles. The fraction of sp³-hybridized carbons (Fsp3) is 0.300. The molecule has 1 unspecified atom stereocenters. The topological polar surface area (TPSA) is 123 Å². The molecule has 1 N–H and O–H groups in total. The first-order valence-electron chi connectivity index (χ1n) is 9.70. The van der Waals surface area contributed by atoms with Gasteiger partial charge in [0, 0.05) is 30.8 Å². The van der Waals surface area contributed by atoms with E-state index < -0.39 is 20.9 Å². The van der Waals surface area contributed by atoms with Crippen molar-refractivity contribution >= 4 is 48.3 Å². The first-order valence-corrected chi connectivity index (χ1v) is 12.0. The van der Waals surface area contributed by atoms with Crippen LogP contribution in [0.15, 0.2) is 47.4 Å². The number of amides is 1. The van der Waals surface area contributed by atoms with Gasteiger partial charge in [0.2, 0.25) is 10.0 Å². The van der Waals surface area contributed by atoms with E-state index in [1.165, 1.54) is 52.0 Å². The third-order valence-electron chi connectivity index (χ3n) is 5.18. The van der Waals surface area contributed by atoms with E-state index in [0.29, 0.717) is 34.4 Å². The Bertz CT molecular complexity index is 1250. The summed E-state index contributed by atoms with van der Waals surface area (Å²) in [4.78, 5) is 27.3. The van der Waals surface area contributed by atoms with Crippen LogP contribution in [0.25, 0.3) is 10.2 Å². The van der Waals surface area contributed by atoms with E-state index in [4.69, 9.17) is 0 Å². The van der Waals surface area contributed by atoms with Gasteiger partial charge in [-0.25, -0.2) is 13.4 Å². The second-order valence-electron chi connectivity index (χ2n) is 7.52. The molecular formula is C20H20N4O5S2. The molecule has 1 aromatic heterocycles. The molecule has 2 aromatic carbocycles. The first kappa shape index (κ1) is 21.3. The molecule has 162 valence electrons. The van der Waals surface area contributed by atoms with Gasteiger partial charge in [0.25, 0.3) is 11.6 Å². The highest BCUT2D eigenvalue weighted by atomic mass is 32.2. The molecule has 1 amide bonds. The molecule has 0 saturated carbocycles. The number of carbonyl (C=O) groups is 1. The Kier molecular flexibility index (Phi) is 5.73. The summed E-state index contributed by atoms with van der Waals surface area (Å²) in [6.07, 6.45) is 1.86. The molecule has 31 heavy (non-hydrogen) atoms. The number of hydrogen-bond acceptors (Lipinski definition) is 7. The maximum absolute atomic E-state index is 12.8. The minimum atomic E-state index is -3.59. The largest absolute Gasteiger partial charge is 0.298 e. The molecular weight excluding hydrogens is 440 g/mol. The lowest BCUT2D eigenvalue weighted by atomic mass is 10.0. The van der Waals surface area contributed by atoms with E-state index in [-0.39, 0.29) is 16.1 Å². The van der Waals surface area contributed by atoms with Crippen LogP contribution in [0.4, 0.5) is 10.8 Å². The van der Waals surface area contributed by atoms with Crippen molar-refractivity contribution in [2.24, 2.45) is 5.92 Å². The monoisotopic (exact) mass is 460 g/mol.